The lowest BCUT2D eigenvalue weighted by atomic mass is 10.4. The van der Waals surface area contributed by atoms with Crippen LogP contribution in [0.3, 0.4) is 0 Å². The number of hydrogen-bond acceptors (Lipinski definition) is 8. The fourth-order valence-electron chi connectivity index (χ4n) is 1.90. The molecule has 1 aliphatic rings. The van der Waals surface area contributed by atoms with Crippen LogP contribution in [0.2, 0.25) is 0 Å². The van der Waals surface area contributed by atoms with E-state index in [1.807, 2.05) is 0 Å². The van der Waals surface area contributed by atoms with Crippen molar-refractivity contribution in [1.29, 1.82) is 0 Å². The van der Waals surface area contributed by atoms with E-state index in [2.05, 4.69) is 20.3 Å². The molecule has 102 valence electrons. The van der Waals surface area contributed by atoms with E-state index in [1.54, 1.807) is 10.9 Å². The van der Waals surface area contributed by atoms with E-state index < -0.39 is 0 Å². The van der Waals surface area contributed by atoms with Crippen molar-refractivity contribution in [1.82, 2.24) is 19.5 Å². The second-order valence-electron chi connectivity index (χ2n) is 4.05. The van der Waals surface area contributed by atoms with Gasteiger partial charge < -0.3 is 30.2 Å². The molecule has 0 spiro atoms. The first-order valence-electron chi connectivity index (χ1n) is 5.83. The van der Waals surface area contributed by atoms with Crippen LogP contribution in [0.15, 0.2) is 6.33 Å². The molecule has 0 saturated carbocycles. The Morgan fingerprint density at radius 3 is 3.16 bits per heavy atom. The van der Waals surface area contributed by atoms with Crippen molar-refractivity contribution in [2.45, 2.75) is 12.8 Å². The molecular formula is C10H14N6O3. The first kappa shape index (κ1) is 12.1. The number of aliphatic hydroxyl groups excluding tert-OH is 1. The minimum atomic E-state index is -0.277. The number of aliphatic hydroxyl groups is 1. The van der Waals surface area contributed by atoms with Crippen molar-refractivity contribution in [3.63, 3.8) is 0 Å². The molecule has 9 nitrogen and oxygen atoms in total. The lowest BCUT2D eigenvalue weighted by Crippen LogP contribution is -2.22. The zero-order valence-electron chi connectivity index (χ0n) is 10.1. The zero-order chi connectivity index (χ0) is 13.2. The Bertz CT molecular complexity index is 580. The van der Waals surface area contributed by atoms with Crippen molar-refractivity contribution in [3.05, 3.63) is 6.33 Å². The summed E-state index contributed by atoms with van der Waals surface area (Å²) in [5.41, 5.74) is 6.84. The first-order valence-corrected chi connectivity index (χ1v) is 5.83. The van der Waals surface area contributed by atoms with Crippen molar-refractivity contribution >= 4 is 22.9 Å². The summed E-state index contributed by atoms with van der Waals surface area (Å²) in [5, 5.41) is 12.1. The maximum atomic E-state index is 8.99. The number of fused-ring (bicyclic) bond motifs is 1. The van der Waals surface area contributed by atoms with E-state index in [1.165, 1.54) is 0 Å². The summed E-state index contributed by atoms with van der Waals surface area (Å²) < 4.78 is 12.1. The van der Waals surface area contributed by atoms with Crippen molar-refractivity contribution in [3.8, 4) is 0 Å². The van der Waals surface area contributed by atoms with Gasteiger partial charge in [0.25, 0.3) is 0 Å². The molecule has 0 amide bonds. The molecule has 2 aromatic heterocycles. The van der Waals surface area contributed by atoms with Gasteiger partial charge in [-0.05, 0) is 0 Å². The van der Waals surface area contributed by atoms with Gasteiger partial charge >= 0.3 is 0 Å². The minimum absolute atomic E-state index is 0.00228. The normalized spacial score (nSPS) is 19.1. The zero-order valence-corrected chi connectivity index (χ0v) is 10.1. The summed E-state index contributed by atoms with van der Waals surface area (Å²) in [4.78, 5) is 12.5. The lowest BCUT2D eigenvalue weighted by Gasteiger charge is -2.11. The summed E-state index contributed by atoms with van der Waals surface area (Å²) in [5.74, 6) is 0.628. The molecule has 4 N–H and O–H groups in total. The predicted molar refractivity (Wildman–Crippen MR) is 66.1 cm³/mol. The van der Waals surface area contributed by atoms with Gasteiger partial charge in [0.1, 0.15) is 6.79 Å². The van der Waals surface area contributed by atoms with E-state index in [4.69, 9.17) is 20.3 Å². The average Bonchev–Trinajstić information content (AvgIpc) is 3.00. The summed E-state index contributed by atoms with van der Waals surface area (Å²) in [6, 6.07) is 0. The van der Waals surface area contributed by atoms with Gasteiger partial charge in [-0.25, -0.2) is 4.98 Å². The fraction of sp³-hybridized carbons (Fsp3) is 0.500. The molecule has 3 heterocycles. The molecule has 1 atom stereocenters. The number of ether oxygens (including phenoxy) is 2. The molecule has 0 unspecified atom stereocenters. The summed E-state index contributed by atoms with van der Waals surface area (Å²) in [7, 11) is 0. The number of nitrogens with zero attached hydrogens (tertiary/aromatic N) is 4. The molecule has 1 saturated heterocycles. The smallest absolute Gasteiger partial charge is 0.224 e. The number of imidazole rings is 1. The third-order valence-corrected chi connectivity index (χ3v) is 2.74. The van der Waals surface area contributed by atoms with Crippen LogP contribution in [-0.2, 0) is 16.0 Å². The highest BCUT2D eigenvalue weighted by atomic mass is 16.7. The van der Waals surface area contributed by atoms with Gasteiger partial charge in [0, 0.05) is 6.54 Å². The number of nitrogens with two attached hydrogens (primary N) is 1. The summed E-state index contributed by atoms with van der Waals surface area (Å²) >= 11 is 0. The fourth-order valence-corrected chi connectivity index (χ4v) is 1.90. The lowest BCUT2D eigenvalue weighted by molar-refractivity contribution is 0.0533. The molecule has 0 bridgehead atoms. The maximum absolute atomic E-state index is 8.99. The number of hydrogen-bond donors (Lipinski definition) is 3. The monoisotopic (exact) mass is 266 g/mol. The van der Waals surface area contributed by atoms with Crippen molar-refractivity contribution < 1.29 is 14.6 Å². The van der Waals surface area contributed by atoms with Crippen LogP contribution in [0.5, 0.6) is 0 Å². The summed E-state index contributed by atoms with van der Waals surface area (Å²) in [6.45, 7) is 1.08. The molecule has 1 aliphatic heterocycles. The standard InChI is InChI=1S/C10H14N6O3/c11-10-14-8(13-6-3-18-5-19-6)7-9(15-10)16(1-2-17)4-12-7/h4,6,17H,1-3,5H2,(H3,11,13,14,15)/t6-/m1/s1. The Kier molecular flexibility index (Phi) is 3.15. The number of nitrogen functional groups attached to an aromatic ring is 1. The molecular weight excluding hydrogens is 252 g/mol. The van der Waals surface area contributed by atoms with E-state index >= 15 is 0 Å². The van der Waals surface area contributed by atoms with E-state index in [0.717, 1.165) is 0 Å². The molecule has 0 radical (unpaired) electrons. The topological polar surface area (TPSA) is 120 Å². The summed E-state index contributed by atoms with van der Waals surface area (Å²) in [6.07, 6.45) is 1.31. The van der Waals surface area contributed by atoms with Crippen LogP contribution in [0.1, 0.15) is 0 Å². The number of anilines is 2. The molecule has 2 aromatic rings. The Balaban J connectivity index is 1.98. The molecule has 1 fully saturated rings. The van der Waals surface area contributed by atoms with Crippen LogP contribution in [0.4, 0.5) is 11.8 Å². The molecule has 9 heteroatoms. The maximum Gasteiger partial charge on any atom is 0.224 e. The molecule has 0 aliphatic carbocycles. The Morgan fingerprint density at radius 1 is 1.53 bits per heavy atom. The van der Waals surface area contributed by atoms with Crippen LogP contribution in [0.25, 0.3) is 11.2 Å². The Hall–Kier alpha value is -1.97. The van der Waals surface area contributed by atoms with Crippen LogP contribution in [0, 0.1) is 0 Å². The van der Waals surface area contributed by atoms with Gasteiger partial charge in [0.15, 0.2) is 23.2 Å². The van der Waals surface area contributed by atoms with Crippen LogP contribution < -0.4 is 11.1 Å². The van der Waals surface area contributed by atoms with Gasteiger partial charge in [0.05, 0.1) is 19.5 Å². The van der Waals surface area contributed by atoms with Crippen LogP contribution in [-0.4, -0.2) is 50.9 Å². The quantitative estimate of drug-likeness (QED) is 0.654. The first-order chi connectivity index (χ1) is 9.28. The van der Waals surface area contributed by atoms with E-state index in [0.29, 0.717) is 30.1 Å². The number of nitrogens with one attached hydrogen (secondary N) is 1. The van der Waals surface area contributed by atoms with Gasteiger partial charge in [-0.15, -0.1) is 0 Å². The second-order valence-corrected chi connectivity index (χ2v) is 4.05. The van der Waals surface area contributed by atoms with Crippen LogP contribution >= 0.6 is 0 Å². The third kappa shape index (κ3) is 2.30. The minimum Gasteiger partial charge on any atom is -0.395 e. The second kappa shape index (κ2) is 4.96. The van der Waals surface area contributed by atoms with Crippen molar-refractivity contribution in [2.75, 3.05) is 31.1 Å². The number of rotatable bonds is 4. The molecule has 0 aromatic carbocycles. The Morgan fingerprint density at radius 2 is 2.42 bits per heavy atom. The molecule has 19 heavy (non-hydrogen) atoms. The van der Waals surface area contributed by atoms with Gasteiger partial charge in [0.2, 0.25) is 5.95 Å². The predicted octanol–water partition coefficient (Wildman–Crippen LogP) is -0.857. The van der Waals surface area contributed by atoms with Gasteiger partial charge in [-0.2, -0.15) is 9.97 Å². The number of aromatic nitrogens is 4. The average molecular weight is 266 g/mol. The SMILES string of the molecule is Nc1nc(N[C@H]2COCO2)c2ncn(CCO)c2n1. The van der Waals surface area contributed by atoms with Gasteiger partial charge in [-0.3, -0.25) is 0 Å². The molecule has 3 rings (SSSR count). The third-order valence-electron chi connectivity index (χ3n) is 2.74. The van der Waals surface area contributed by atoms with E-state index in [9.17, 15) is 0 Å². The highest BCUT2D eigenvalue weighted by Crippen LogP contribution is 2.21. The highest BCUT2D eigenvalue weighted by molar-refractivity contribution is 5.84. The van der Waals surface area contributed by atoms with Crippen molar-refractivity contribution in [2.24, 2.45) is 0 Å². The van der Waals surface area contributed by atoms with Gasteiger partial charge in [-0.1, -0.05) is 0 Å². The highest BCUT2D eigenvalue weighted by Gasteiger charge is 2.19. The van der Waals surface area contributed by atoms with E-state index in [-0.39, 0.29) is 25.6 Å². The Labute approximate surface area is 108 Å². The largest absolute Gasteiger partial charge is 0.395 e.